The Morgan fingerprint density at radius 2 is 2.53 bits per heavy atom. The standard InChI is InChI=1S/C13H21N3O3/c1-16(7-2-4-12-5-3-8-18-12)13(17)14-10-11-6-9-19-15-11/h6,9,12H,2-5,7-8,10H2,1H3,(H,14,17)/t12-/m0/s1. The van der Waals surface area contributed by atoms with E-state index < -0.39 is 0 Å². The molecule has 1 aliphatic rings. The van der Waals surface area contributed by atoms with Gasteiger partial charge in [-0.25, -0.2) is 4.79 Å². The van der Waals surface area contributed by atoms with Crippen molar-refractivity contribution in [2.75, 3.05) is 20.2 Å². The average molecular weight is 267 g/mol. The van der Waals surface area contributed by atoms with Crippen LogP contribution >= 0.6 is 0 Å². The third-order valence-corrected chi connectivity index (χ3v) is 3.30. The summed E-state index contributed by atoms with van der Waals surface area (Å²) < 4.78 is 10.3. The number of nitrogens with one attached hydrogen (secondary N) is 1. The highest BCUT2D eigenvalue weighted by Crippen LogP contribution is 2.16. The minimum absolute atomic E-state index is 0.0876. The second kappa shape index (κ2) is 7.13. The Kier molecular flexibility index (Phi) is 5.20. The molecule has 6 heteroatoms. The van der Waals surface area contributed by atoms with Crippen LogP contribution in [0.5, 0.6) is 0 Å². The second-order valence-corrected chi connectivity index (χ2v) is 4.85. The molecule has 106 valence electrons. The summed E-state index contributed by atoms with van der Waals surface area (Å²) in [5, 5.41) is 6.53. The predicted octanol–water partition coefficient (Wildman–Crippen LogP) is 1.78. The molecule has 1 aromatic heterocycles. The van der Waals surface area contributed by atoms with Crippen LogP contribution in [-0.2, 0) is 11.3 Å². The number of nitrogens with zero attached hydrogens (tertiary/aromatic N) is 2. The van der Waals surface area contributed by atoms with Crippen LogP contribution in [0.15, 0.2) is 16.9 Å². The van der Waals surface area contributed by atoms with E-state index in [9.17, 15) is 4.79 Å². The van der Waals surface area contributed by atoms with Crippen molar-refractivity contribution < 1.29 is 14.1 Å². The first-order chi connectivity index (χ1) is 9.25. The van der Waals surface area contributed by atoms with Gasteiger partial charge < -0.3 is 19.5 Å². The molecule has 6 nitrogen and oxygen atoms in total. The van der Waals surface area contributed by atoms with Gasteiger partial charge in [-0.1, -0.05) is 5.16 Å². The van der Waals surface area contributed by atoms with Crippen LogP contribution in [0, 0.1) is 0 Å². The fraction of sp³-hybridized carbons (Fsp3) is 0.692. The second-order valence-electron chi connectivity index (χ2n) is 4.85. The summed E-state index contributed by atoms with van der Waals surface area (Å²) in [5.74, 6) is 0. The Morgan fingerprint density at radius 3 is 3.21 bits per heavy atom. The molecule has 1 N–H and O–H groups in total. The molecular weight excluding hydrogens is 246 g/mol. The van der Waals surface area contributed by atoms with Crippen molar-refractivity contribution in [3.05, 3.63) is 18.0 Å². The number of rotatable bonds is 6. The number of hydrogen-bond donors (Lipinski definition) is 1. The van der Waals surface area contributed by atoms with Crippen molar-refractivity contribution in [1.82, 2.24) is 15.4 Å². The van der Waals surface area contributed by atoms with Gasteiger partial charge in [-0.3, -0.25) is 0 Å². The normalized spacial score (nSPS) is 18.5. The molecule has 1 aliphatic heterocycles. The predicted molar refractivity (Wildman–Crippen MR) is 69.6 cm³/mol. The molecule has 0 radical (unpaired) electrons. The Morgan fingerprint density at radius 1 is 1.63 bits per heavy atom. The van der Waals surface area contributed by atoms with Gasteiger partial charge in [0.05, 0.1) is 12.6 Å². The molecule has 1 atom stereocenters. The Bertz CT molecular complexity index is 374. The number of carbonyl (C=O) groups excluding carboxylic acids is 1. The first kappa shape index (κ1) is 13.9. The van der Waals surface area contributed by atoms with E-state index in [1.807, 2.05) is 0 Å². The maximum absolute atomic E-state index is 11.8. The van der Waals surface area contributed by atoms with Crippen LogP contribution in [-0.4, -0.2) is 42.4 Å². The number of carbonyl (C=O) groups is 1. The van der Waals surface area contributed by atoms with Crippen LogP contribution < -0.4 is 5.32 Å². The highest BCUT2D eigenvalue weighted by molar-refractivity contribution is 5.73. The molecule has 0 saturated carbocycles. The highest BCUT2D eigenvalue weighted by Gasteiger charge is 2.15. The summed E-state index contributed by atoms with van der Waals surface area (Å²) >= 11 is 0. The lowest BCUT2D eigenvalue weighted by Crippen LogP contribution is -2.37. The van der Waals surface area contributed by atoms with E-state index in [2.05, 4.69) is 10.5 Å². The van der Waals surface area contributed by atoms with Crippen LogP contribution in [0.3, 0.4) is 0 Å². The van der Waals surface area contributed by atoms with Gasteiger partial charge in [0.1, 0.15) is 12.0 Å². The van der Waals surface area contributed by atoms with Gasteiger partial charge in [-0.2, -0.15) is 0 Å². The number of amides is 2. The smallest absolute Gasteiger partial charge is 0.317 e. The summed E-state index contributed by atoms with van der Waals surface area (Å²) in [6.07, 6.45) is 6.21. The summed E-state index contributed by atoms with van der Waals surface area (Å²) in [6, 6.07) is 1.65. The first-order valence-corrected chi connectivity index (χ1v) is 6.75. The van der Waals surface area contributed by atoms with Crippen molar-refractivity contribution >= 4 is 6.03 Å². The molecule has 19 heavy (non-hydrogen) atoms. The Labute approximate surface area is 113 Å². The fourth-order valence-electron chi connectivity index (χ4n) is 2.16. The molecule has 2 heterocycles. The van der Waals surface area contributed by atoms with E-state index in [0.29, 0.717) is 12.6 Å². The Balaban J connectivity index is 1.59. The van der Waals surface area contributed by atoms with Crippen molar-refractivity contribution in [3.8, 4) is 0 Å². The molecule has 2 rings (SSSR count). The van der Waals surface area contributed by atoms with Gasteiger partial charge in [0.2, 0.25) is 0 Å². The lowest BCUT2D eigenvalue weighted by Gasteiger charge is -2.18. The van der Waals surface area contributed by atoms with E-state index in [-0.39, 0.29) is 6.03 Å². The van der Waals surface area contributed by atoms with Gasteiger partial charge >= 0.3 is 6.03 Å². The van der Waals surface area contributed by atoms with Crippen LogP contribution in [0.25, 0.3) is 0 Å². The zero-order valence-corrected chi connectivity index (χ0v) is 11.3. The number of hydrogen-bond acceptors (Lipinski definition) is 4. The van der Waals surface area contributed by atoms with Gasteiger partial charge in [0, 0.05) is 26.3 Å². The van der Waals surface area contributed by atoms with E-state index in [1.54, 1.807) is 18.0 Å². The lowest BCUT2D eigenvalue weighted by atomic mass is 10.1. The minimum Gasteiger partial charge on any atom is -0.378 e. The highest BCUT2D eigenvalue weighted by atomic mass is 16.5. The van der Waals surface area contributed by atoms with Crippen molar-refractivity contribution in [1.29, 1.82) is 0 Å². The minimum atomic E-state index is -0.0876. The van der Waals surface area contributed by atoms with Gasteiger partial charge in [-0.05, 0) is 25.7 Å². The molecule has 1 aromatic rings. The molecule has 0 aromatic carbocycles. The monoisotopic (exact) mass is 267 g/mol. The lowest BCUT2D eigenvalue weighted by molar-refractivity contribution is 0.100. The summed E-state index contributed by atoms with van der Waals surface area (Å²) in [4.78, 5) is 13.5. The molecular formula is C13H21N3O3. The summed E-state index contributed by atoms with van der Waals surface area (Å²) in [5.41, 5.74) is 0.723. The van der Waals surface area contributed by atoms with Crippen molar-refractivity contribution in [2.45, 2.75) is 38.3 Å². The number of aromatic nitrogens is 1. The molecule has 2 amide bonds. The Hall–Kier alpha value is -1.56. The number of ether oxygens (including phenoxy) is 1. The maximum Gasteiger partial charge on any atom is 0.317 e. The SMILES string of the molecule is CN(CCC[C@H]1CCCO1)C(=O)NCc1ccon1. The quantitative estimate of drug-likeness (QED) is 0.853. The van der Waals surface area contributed by atoms with E-state index >= 15 is 0 Å². The average Bonchev–Trinajstić information content (AvgIpc) is 3.08. The molecule has 0 spiro atoms. The zero-order chi connectivity index (χ0) is 13.5. The fourth-order valence-corrected chi connectivity index (χ4v) is 2.16. The summed E-state index contributed by atoms with van der Waals surface area (Å²) in [7, 11) is 1.80. The van der Waals surface area contributed by atoms with Gasteiger partial charge in [-0.15, -0.1) is 0 Å². The molecule has 0 aliphatic carbocycles. The van der Waals surface area contributed by atoms with Crippen molar-refractivity contribution in [2.24, 2.45) is 0 Å². The van der Waals surface area contributed by atoms with Crippen LogP contribution in [0.1, 0.15) is 31.4 Å². The van der Waals surface area contributed by atoms with E-state index in [0.717, 1.165) is 38.1 Å². The zero-order valence-electron chi connectivity index (χ0n) is 11.3. The van der Waals surface area contributed by atoms with Gasteiger partial charge in [0.25, 0.3) is 0 Å². The van der Waals surface area contributed by atoms with Crippen molar-refractivity contribution in [3.63, 3.8) is 0 Å². The third-order valence-electron chi connectivity index (χ3n) is 3.30. The largest absolute Gasteiger partial charge is 0.378 e. The molecule has 1 fully saturated rings. The van der Waals surface area contributed by atoms with Gasteiger partial charge in [0.15, 0.2) is 0 Å². The summed E-state index contributed by atoms with van der Waals surface area (Å²) in [6.45, 7) is 2.02. The molecule has 0 bridgehead atoms. The van der Waals surface area contributed by atoms with E-state index in [4.69, 9.17) is 9.26 Å². The third kappa shape index (κ3) is 4.55. The first-order valence-electron chi connectivity index (χ1n) is 6.75. The number of urea groups is 1. The molecule has 0 unspecified atom stereocenters. The topological polar surface area (TPSA) is 67.6 Å². The van der Waals surface area contributed by atoms with Crippen LogP contribution in [0.2, 0.25) is 0 Å². The maximum atomic E-state index is 11.8. The van der Waals surface area contributed by atoms with E-state index in [1.165, 1.54) is 12.7 Å². The molecule has 1 saturated heterocycles. The van der Waals surface area contributed by atoms with Crippen LogP contribution in [0.4, 0.5) is 4.79 Å².